The SMILES string of the molecule is CCCN(C)c1c(C)nnn1C. The fourth-order valence-corrected chi connectivity index (χ4v) is 1.42. The Morgan fingerprint density at radius 1 is 1.50 bits per heavy atom. The summed E-state index contributed by atoms with van der Waals surface area (Å²) in [4.78, 5) is 2.18. The minimum Gasteiger partial charge on any atom is -0.358 e. The van der Waals surface area contributed by atoms with Gasteiger partial charge in [0.15, 0.2) is 0 Å². The Balaban J connectivity index is 2.85. The maximum Gasteiger partial charge on any atom is 0.149 e. The van der Waals surface area contributed by atoms with Crippen molar-refractivity contribution in [1.82, 2.24) is 15.0 Å². The Morgan fingerprint density at radius 2 is 2.17 bits per heavy atom. The van der Waals surface area contributed by atoms with E-state index < -0.39 is 0 Å². The molecule has 0 saturated heterocycles. The largest absolute Gasteiger partial charge is 0.358 e. The minimum absolute atomic E-state index is 0.994. The van der Waals surface area contributed by atoms with Crippen LogP contribution in [0.15, 0.2) is 0 Å². The average Bonchev–Trinajstić information content (AvgIpc) is 2.32. The maximum absolute atomic E-state index is 3.99. The van der Waals surface area contributed by atoms with E-state index in [1.54, 1.807) is 0 Å². The third-order valence-electron chi connectivity index (χ3n) is 1.88. The van der Waals surface area contributed by atoms with Crippen LogP contribution >= 0.6 is 0 Å². The molecule has 0 bridgehead atoms. The Labute approximate surface area is 73.2 Å². The summed E-state index contributed by atoms with van der Waals surface area (Å²) in [5.74, 6) is 1.11. The van der Waals surface area contributed by atoms with E-state index in [1.165, 1.54) is 0 Å². The first-order valence-corrected chi connectivity index (χ1v) is 4.24. The number of anilines is 1. The van der Waals surface area contributed by atoms with Gasteiger partial charge in [-0.05, 0) is 13.3 Å². The molecule has 0 radical (unpaired) electrons. The molecule has 0 amide bonds. The van der Waals surface area contributed by atoms with Gasteiger partial charge in [0.25, 0.3) is 0 Å². The number of nitrogens with zero attached hydrogens (tertiary/aromatic N) is 4. The smallest absolute Gasteiger partial charge is 0.149 e. The Morgan fingerprint density at radius 3 is 2.58 bits per heavy atom. The molecule has 4 heteroatoms. The first-order chi connectivity index (χ1) is 5.66. The van der Waals surface area contributed by atoms with Gasteiger partial charge in [-0.15, -0.1) is 5.10 Å². The predicted molar refractivity (Wildman–Crippen MR) is 49.3 cm³/mol. The zero-order valence-electron chi connectivity index (χ0n) is 8.20. The van der Waals surface area contributed by atoms with Crippen LogP contribution in [-0.4, -0.2) is 28.6 Å². The molecule has 0 aromatic carbocycles. The van der Waals surface area contributed by atoms with Crippen LogP contribution in [0.5, 0.6) is 0 Å². The molecule has 0 N–H and O–H groups in total. The summed E-state index contributed by atoms with van der Waals surface area (Å²) in [5, 5.41) is 7.94. The van der Waals surface area contributed by atoms with E-state index in [0.717, 1.165) is 24.5 Å². The third kappa shape index (κ3) is 1.57. The van der Waals surface area contributed by atoms with E-state index in [0.29, 0.717) is 0 Å². The topological polar surface area (TPSA) is 34.0 Å². The lowest BCUT2D eigenvalue weighted by Gasteiger charge is -2.17. The molecule has 0 unspecified atom stereocenters. The maximum atomic E-state index is 3.99. The van der Waals surface area contributed by atoms with E-state index in [-0.39, 0.29) is 0 Å². The molecule has 0 atom stereocenters. The summed E-state index contributed by atoms with van der Waals surface area (Å²) in [6, 6.07) is 0. The van der Waals surface area contributed by atoms with Crippen LogP contribution in [0, 0.1) is 6.92 Å². The van der Waals surface area contributed by atoms with Gasteiger partial charge in [-0.25, -0.2) is 4.68 Å². The van der Waals surface area contributed by atoms with Gasteiger partial charge in [-0.2, -0.15) is 0 Å². The third-order valence-corrected chi connectivity index (χ3v) is 1.88. The summed E-state index contributed by atoms with van der Waals surface area (Å²) in [6.07, 6.45) is 1.14. The van der Waals surface area contributed by atoms with Gasteiger partial charge in [0.1, 0.15) is 11.5 Å². The van der Waals surface area contributed by atoms with Crippen LogP contribution in [0.1, 0.15) is 19.0 Å². The van der Waals surface area contributed by atoms with Crippen LogP contribution in [0.4, 0.5) is 5.82 Å². The van der Waals surface area contributed by atoms with Gasteiger partial charge >= 0.3 is 0 Å². The van der Waals surface area contributed by atoms with Gasteiger partial charge in [0.2, 0.25) is 0 Å². The molecular formula is C8H16N4. The monoisotopic (exact) mass is 168 g/mol. The molecule has 1 aromatic rings. The summed E-state index contributed by atoms with van der Waals surface area (Å²) in [6.45, 7) is 5.19. The number of hydrogen-bond donors (Lipinski definition) is 0. The van der Waals surface area contributed by atoms with Crippen molar-refractivity contribution in [3.63, 3.8) is 0 Å². The van der Waals surface area contributed by atoms with Gasteiger partial charge in [-0.3, -0.25) is 0 Å². The standard InChI is InChI=1S/C8H16N4/c1-5-6-11(3)8-7(2)9-10-12(8)4/h5-6H2,1-4H3. The average molecular weight is 168 g/mol. The molecule has 12 heavy (non-hydrogen) atoms. The zero-order valence-corrected chi connectivity index (χ0v) is 8.20. The van der Waals surface area contributed by atoms with Crippen molar-refractivity contribution in [2.45, 2.75) is 20.3 Å². The second-order valence-electron chi connectivity index (χ2n) is 3.04. The second kappa shape index (κ2) is 3.56. The zero-order chi connectivity index (χ0) is 9.14. The first kappa shape index (κ1) is 9.03. The van der Waals surface area contributed by atoms with Crippen molar-refractivity contribution in [2.75, 3.05) is 18.5 Å². The van der Waals surface area contributed by atoms with Gasteiger partial charge in [0.05, 0.1) is 0 Å². The van der Waals surface area contributed by atoms with E-state index in [2.05, 4.69) is 29.2 Å². The Kier molecular flexibility index (Phi) is 2.68. The molecule has 0 fully saturated rings. The van der Waals surface area contributed by atoms with Crippen LogP contribution in [-0.2, 0) is 7.05 Å². The van der Waals surface area contributed by atoms with Crippen molar-refractivity contribution < 1.29 is 0 Å². The number of aromatic nitrogens is 3. The highest BCUT2D eigenvalue weighted by Crippen LogP contribution is 2.13. The predicted octanol–water partition coefficient (Wildman–Crippen LogP) is 0.970. The quantitative estimate of drug-likeness (QED) is 0.674. The highest BCUT2D eigenvalue weighted by atomic mass is 15.5. The Hall–Kier alpha value is -1.06. The minimum atomic E-state index is 0.994. The van der Waals surface area contributed by atoms with E-state index in [9.17, 15) is 0 Å². The van der Waals surface area contributed by atoms with E-state index in [1.807, 2.05) is 18.7 Å². The molecule has 4 nitrogen and oxygen atoms in total. The molecule has 0 aliphatic heterocycles. The summed E-state index contributed by atoms with van der Waals surface area (Å²) < 4.78 is 1.81. The number of hydrogen-bond acceptors (Lipinski definition) is 3. The Bertz CT molecular complexity index is 234. The van der Waals surface area contributed by atoms with Crippen molar-refractivity contribution in [3.05, 3.63) is 5.69 Å². The van der Waals surface area contributed by atoms with E-state index >= 15 is 0 Å². The number of rotatable bonds is 3. The highest BCUT2D eigenvalue weighted by molar-refractivity contribution is 5.41. The molecule has 1 heterocycles. The summed E-state index contributed by atoms with van der Waals surface area (Å²) >= 11 is 0. The molecule has 1 rings (SSSR count). The van der Waals surface area contributed by atoms with E-state index in [4.69, 9.17) is 0 Å². The van der Waals surface area contributed by atoms with Crippen molar-refractivity contribution in [1.29, 1.82) is 0 Å². The van der Waals surface area contributed by atoms with Crippen LogP contribution in [0.25, 0.3) is 0 Å². The summed E-state index contributed by atoms with van der Waals surface area (Å²) in [5.41, 5.74) is 0.994. The summed E-state index contributed by atoms with van der Waals surface area (Å²) in [7, 11) is 3.98. The van der Waals surface area contributed by atoms with Crippen LogP contribution < -0.4 is 4.90 Å². The van der Waals surface area contributed by atoms with Crippen molar-refractivity contribution in [3.8, 4) is 0 Å². The van der Waals surface area contributed by atoms with Crippen LogP contribution in [0.2, 0.25) is 0 Å². The fraction of sp³-hybridized carbons (Fsp3) is 0.750. The van der Waals surface area contributed by atoms with Crippen LogP contribution in [0.3, 0.4) is 0 Å². The lowest BCUT2D eigenvalue weighted by atomic mass is 10.4. The fourth-order valence-electron chi connectivity index (χ4n) is 1.42. The molecular weight excluding hydrogens is 152 g/mol. The van der Waals surface area contributed by atoms with Gasteiger partial charge in [-0.1, -0.05) is 12.1 Å². The van der Waals surface area contributed by atoms with Crippen molar-refractivity contribution in [2.24, 2.45) is 7.05 Å². The van der Waals surface area contributed by atoms with Gasteiger partial charge in [0, 0.05) is 20.6 Å². The molecule has 0 spiro atoms. The first-order valence-electron chi connectivity index (χ1n) is 4.24. The second-order valence-corrected chi connectivity index (χ2v) is 3.04. The lowest BCUT2D eigenvalue weighted by Crippen LogP contribution is -2.21. The molecule has 1 aromatic heterocycles. The lowest BCUT2D eigenvalue weighted by molar-refractivity contribution is 0.693. The normalized spacial score (nSPS) is 10.3. The molecule has 0 aliphatic rings. The molecule has 68 valence electrons. The molecule has 0 saturated carbocycles. The highest BCUT2D eigenvalue weighted by Gasteiger charge is 2.09. The molecule has 0 aliphatic carbocycles. The van der Waals surface area contributed by atoms with Crippen molar-refractivity contribution >= 4 is 5.82 Å². The van der Waals surface area contributed by atoms with Gasteiger partial charge < -0.3 is 4.90 Å². The number of aryl methyl sites for hydroxylation is 2.